The van der Waals surface area contributed by atoms with Crippen molar-refractivity contribution in [1.29, 1.82) is 0 Å². The molecule has 0 atom stereocenters. The van der Waals surface area contributed by atoms with Gasteiger partial charge >= 0.3 is 6.16 Å². The predicted molar refractivity (Wildman–Crippen MR) is 147 cm³/mol. The highest BCUT2D eigenvalue weighted by Gasteiger charge is 2.49. The van der Waals surface area contributed by atoms with Gasteiger partial charge < -0.3 is 13.9 Å². The summed E-state index contributed by atoms with van der Waals surface area (Å²) in [4.78, 5) is 11.7. The first-order valence-electron chi connectivity index (χ1n) is 11.4. The van der Waals surface area contributed by atoms with Crippen molar-refractivity contribution < 1.29 is 18.7 Å². The molecule has 0 saturated carbocycles. The van der Waals surface area contributed by atoms with E-state index < -0.39 is 20.1 Å². The second-order valence-electron chi connectivity index (χ2n) is 10.1. The van der Waals surface area contributed by atoms with Gasteiger partial charge in [0.05, 0.1) is 0 Å². The summed E-state index contributed by atoms with van der Waals surface area (Å²) in [5.41, 5.74) is -0.551. The molecule has 0 aliphatic rings. The van der Waals surface area contributed by atoms with Crippen molar-refractivity contribution in [3.05, 3.63) is 70.3 Å². The van der Waals surface area contributed by atoms with Crippen LogP contribution in [-0.4, -0.2) is 33.3 Å². The third-order valence-corrected chi connectivity index (χ3v) is 11.0. The normalized spacial score (nSPS) is 13.0. The van der Waals surface area contributed by atoms with Crippen molar-refractivity contribution in [2.24, 2.45) is 0 Å². The van der Waals surface area contributed by atoms with E-state index in [-0.39, 0.29) is 11.6 Å². The molecule has 0 heterocycles. The first-order valence-corrected chi connectivity index (χ1v) is 14.4. The number of benzene rings is 2. The highest BCUT2D eigenvalue weighted by molar-refractivity contribution is 14.1. The number of rotatable bonds is 9. The Balaban J connectivity index is 2.05. The van der Waals surface area contributed by atoms with Crippen molar-refractivity contribution in [3.8, 4) is 0 Å². The first-order chi connectivity index (χ1) is 15.5. The number of carbonyl (C=O) groups is 1. The summed E-state index contributed by atoms with van der Waals surface area (Å²) in [5.74, 6) is 0. The molecule has 0 bridgehead atoms. The third kappa shape index (κ3) is 8.26. The van der Waals surface area contributed by atoms with Gasteiger partial charge in [0.2, 0.25) is 0 Å². The maximum atomic E-state index is 11.7. The lowest BCUT2D eigenvalue weighted by atomic mass is 10.2. The molecule has 0 saturated heterocycles. The summed E-state index contributed by atoms with van der Waals surface area (Å²) in [5, 5.41) is 2.56. The maximum absolute atomic E-state index is 11.7. The van der Waals surface area contributed by atoms with Crippen molar-refractivity contribution in [2.45, 2.75) is 65.0 Å². The maximum Gasteiger partial charge on any atom is 0.509 e. The molecule has 0 N–H and O–H groups in total. The van der Waals surface area contributed by atoms with Gasteiger partial charge in [-0.05, 0) is 71.6 Å². The van der Waals surface area contributed by atoms with Gasteiger partial charge in [-0.1, -0.05) is 87.5 Å². The summed E-state index contributed by atoms with van der Waals surface area (Å²) < 4.78 is 18.2. The molecule has 0 aliphatic heterocycles. The lowest BCUT2D eigenvalue weighted by Gasteiger charge is -2.43. The second-order valence-corrected chi connectivity index (χ2v) is 15.7. The number of carbonyl (C=O) groups excluding carboxylic acids is 1. The minimum absolute atomic E-state index is 0.0266. The fourth-order valence-corrected chi connectivity index (χ4v) is 8.87. The molecule has 4 nitrogen and oxygen atoms in total. The van der Waals surface area contributed by atoms with E-state index in [1.54, 1.807) is 0 Å². The van der Waals surface area contributed by atoms with E-state index in [1.807, 2.05) is 20.8 Å². The zero-order valence-corrected chi connectivity index (χ0v) is 23.8. The van der Waals surface area contributed by atoms with Crippen LogP contribution >= 0.6 is 22.6 Å². The Hall–Kier alpha value is -1.64. The van der Waals surface area contributed by atoms with Crippen LogP contribution in [0.2, 0.25) is 5.04 Å². The van der Waals surface area contributed by atoms with Gasteiger partial charge in [0.25, 0.3) is 8.32 Å². The number of allylic oxidation sites excluding steroid dienone is 1. The van der Waals surface area contributed by atoms with E-state index in [9.17, 15) is 4.79 Å². The molecule has 6 heteroatoms. The SMILES string of the molecule is CC(C)(C)OC(=O)OC/C(I)=C\CCCO[Si](c1ccccc1)(c1ccccc1)C(C)(C)C. The molecule has 0 aliphatic carbocycles. The minimum Gasteiger partial charge on any atom is -0.429 e. The van der Waals surface area contributed by atoms with Crippen molar-refractivity contribution in [1.82, 2.24) is 0 Å². The number of hydrogen-bond acceptors (Lipinski definition) is 4. The van der Waals surface area contributed by atoms with E-state index in [0.717, 1.165) is 16.4 Å². The van der Waals surface area contributed by atoms with Crippen LogP contribution in [0, 0.1) is 0 Å². The lowest BCUT2D eigenvalue weighted by molar-refractivity contribution is -0.00259. The van der Waals surface area contributed by atoms with Crippen LogP contribution in [0.15, 0.2) is 70.3 Å². The Morgan fingerprint density at radius 3 is 1.88 bits per heavy atom. The molecule has 2 aromatic carbocycles. The van der Waals surface area contributed by atoms with Gasteiger partial charge in [0.1, 0.15) is 12.2 Å². The van der Waals surface area contributed by atoms with E-state index in [4.69, 9.17) is 13.9 Å². The van der Waals surface area contributed by atoms with Crippen LogP contribution in [0.25, 0.3) is 0 Å². The van der Waals surface area contributed by atoms with Crippen LogP contribution in [0.3, 0.4) is 0 Å². The van der Waals surface area contributed by atoms with Gasteiger partial charge in [0.15, 0.2) is 0 Å². The standard InChI is InChI=1S/C27H37IO4Si/c1-26(2,3)32-25(29)30-21-22(28)15-13-14-20-31-33(27(4,5)6,23-16-9-7-10-17-23)24-18-11-8-12-19-24/h7-12,15-19H,13-14,20-21H2,1-6H3/b22-15+. The smallest absolute Gasteiger partial charge is 0.429 e. The third-order valence-electron chi connectivity index (χ3n) is 5.17. The highest BCUT2D eigenvalue weighted by atomic mass is 127. The van der Waals surface area contributed by atoms with E-state index >= 15 is 0 Å². The quantitative estimate of drug-likeness (QED) is 0.145. The van der Waals surface area contributed by atoms with E-state index in [2.05, 4.69) is 110 Å². The van der Waals surface area contributed by atoms with Crippen molar-refractivity contribution in [3.63, 3.8) is 0 Å². The summed E-state index contributed by atoms with van der Waals surface area (Å²) >= 11 is 2.21. The van der Waals surface area contributed by atoms with Gasteiger partial charge in [0, 0.05) is 10.2 Å². The zero-order valence-electron chi connectivity index (χ0n) is 20.7. The number of unbranched alkanes of at least 4 members (excludes halogenated alkanes) is 1. The first kappa shape index (κ1) is 27.6. The van der Waals surface area contributed by atoms with Crippen molar-refractivity contribution >= 4 is 47.4 Å². The molecule has 180 valence electrons. The molecule has 33 heavy (non-hydrogen) atoms. The van der Waals surface area contributed by atoms with Crippen molar-refractivity contribution in [2.75, 3.05) is 13.2 Å². The summed E-state index contributed by atoms with van der Waals surface area (Å²) in [6, 6.07) is 21.4. The molecule has 2 rings (SSSR count). The molecular formula is C27H37IO4Si. The Bertz CT molecular complexity index is 860. The largest absolute Gasteiger partial charge is 0.509 e. The molecule has 0 spiro atoms. The van der Waals surface area contributed by atoms with Gasteiger partial charge in [-0.15, -0.1) is 0 Å². The minimum atomic E-state index is -2.49. The summed E-state index contributed by atoms with van der Waals surface area (Å²) in [6.45, 7) is 13.2. The second kappa shape index (κ2) is 12.2. The number of hydrogen-bond donors (Lipinski definition) is 0. The zero-order chi connectivity index (χ0) is 24.5. The van der Waals surface area contributed by atoms with Gasteiger partial charge in [-0.25, -0.2) is 4.79 Å². The molecule has 0 unspecified atom stereocenters. The number of halogens is 1. The topological polar surface area (TPSA) is 44.8 Å². The predicted octanol–water partition coefficient (Wildman–Crippen LogP) is 6.61. The molecule has 0 aromatic heterocycles. The average molecular weight is 581 g/mol. The summed E-state index contributed by atoms with van der Waals surface area (Å²) in [7, 11) is -2.49. The van der Waals surface area contributed by atoms with Crippen LogP contribution in [-0.2, 0) is 13.9 Å². The van der Waals surface area contributed by atoms with Gasteiger partial charge in [-0.2, -0.15) is 0 Å². The van der Waals surface area contributed by atoms with Gasteiger partial charge in [-0.3, -0.25) is 0 Å². The van der Waals surface area contributed by atoms with E-state index in [1.165, 1.54) is 10.4 Å². The van der Waals surface area contributed by atoms with Crippen LogP contribution < -0.4 is 10.4 Å². The monoisotopic (exact) mass is 580 g/mol. The number of ether oxygens (including phenoxy) is 2. The molecule has 2 aromatic rings. The lowest BCUT2D eigenvalue weighted by Crippen LogP contribution is -2.66. The van der Waals surface area contributed by atoms with Crippen LogP contribution in [0.1, 0.15) is 54.4 Å². The summed E-state index contributed by atoms with van der Waals surface area (Å²) in [6.07, 6.45) is 3.21. The van der Waals surface area contributed by atoms with Crippen LogP contribution in [0.5, 0.6) is 0 Å². The fourth-order valence-electron chi connectivity index (χ4n) is 3.80. The van der Waals surface area contributed by atoms with E-state index in [0.29, 0.717) is 6.61 Å². The Morgan fingerprint density at radius 1 is 0.909 bits per heavy atom. The van der Waals surface area contributed by atoms with Crippen LogP contribution in [0.4, 0.5) is 4.79 Å². The highest BCUT2D eigenvalue weighted by Crippen LogP contribution is 2.36. The fraction of sp³-hybridized carbons (Fsp3) is 0.444. The molecule has 0 radical (unpaired) electrons. The Labute approximate surface area is 214 Å². The molecule has 0 amide bonds. The Kier molecular flexibility index (Phi) is 10.2. The molecule has 0 fully saturated rings. The average Bonchev–Trinajstić information content (AvgIpc) is 2.74. The molecular weight excluding hydrogens is 543 g/mol. The Morgan fingerprint density at radius 2 is 1.42 bits per heavy atom.